The van der Waals surface area contributed by atoms with Gasteiger partial charge in [-0.2, -0.15) is 0 Å². The van der Waals surface area contributed by atoms with Crippen molar-refractivity contribution >= 4 is 17.6 Å². The normalized spacial score (nSPS) is 13.5. The van der Waals surface area contributed by atoms with Crippen molar-refractivity contribution in [1.29, 1.82) is 0 Å². The van der Waals surface area contributed by atoms with Gasteiger partial charge in [0.1, 0.15) is 6.61 Å². The van der Waals surface area contributed by atoms with E-state index < -0.39 is 30.2 Å². The molecule has 0 radical (unpaired) electrons. The second kappa shape index (κ2) is 8.33. The van der Waals surface area contributed by atoms with Crippen LogP contribution in [0.2, 0.25) is 0 Å². The van der Waals surface area contributed by atoms with Gasteiger partial charge in [0, 0.05) is 19.7 Å². The Bertz CT molecular complexity index is 892. The minimum atomic E-state index is -1.38. The lowest BCUT2D eigenvalue weighted by Gasteiger charge is -2.25. The maximum atomic E-state index is 12.7. The van der Waals surface area contributed by atoms with E-state index in [4.69, 9.17) is 9.84 Å². The molecule has 2 aromatic carbocycles. The number of ether oxygens (including phenoxy) is 1. The molecule has 0 spiro atoms. The number of benzene rings is 2. The fourth-order valence-corrected chi connectivity index (χ4v) is 3.24. The zero-order chi connectivity index (χ0) is 20.3. The predicted molar refractivity (Wildman–Crippen MR) is 102 cm³/mol. The van der Waals surface area contributed by atoms with E-state index in [1.807, 2.05) is 24.3 Å². The number of fused-ring (bicyclic) bond motifs is 1. The van der Waals surface area contributed by atoms with Crippen LogP contribution in [-0.2, 0) is 27.5 Å². The highest BCUT2D eigenvalue weighted by Crippen LogP contribution is 2.27. The minimum absolute atomic E-state index is 0.343. The van der Waals surface area contributed by atoms with E-state index in [0.717, 1.165) is 21.6 Å². The summed E-state index contributed by atoms with van der Waals surface area (Å²) in [5, 5.41) is 11.4. The summed E-state index contributed by atoms with van der Waals surface area (Å²) in [4.78, 5) is 37.6. The third kappa shape index (κ3) is 3.81. The number of aliphatic hydroxyl groups excluding tert-OH is 1. The zero-order valence-electron chi connectivity index (χ0n) is 15.8. The quantitative estimate of drug-likeness (QED) is 0.731. The van der Waals surface area contributed by atoms with Crippen LogP contribution in [0.5, 0.6) is 0 Å². The van der Waals surface area contributed by atoms with E-state index in [0.29, 0.717) is 18.8 Å². The Hall–Kier alpha value is -3.03. The van der Waals surface area contributed by atoms with Crippen LogP contribution in [0.1, 0.15) is 21.5 Å². The molecular weight excluding hydrogens is 360 g/mol. The summed E-state index contributed by atoms with van der Waals surface area (Å²) >= 11 is 0. The highest BCUT2D eigenvalue weighted by molar-refractivity contribution is 6.10. The lowest BCUT2D eigenvalue weighted by Crippen LogP contribution is -2.52. The number of carbonyl (C=O) groups is 3. The molecule has 0 aromatic heterocycles. The second-order valence-corrected chi connectivity index (χ2v) is 6.61. The molecule has 1 unspecified atom stereocenters. The number of carbonyl (C=O) groups excluding carboxylic acids is 3. The first kappa shape index (κ1) is 19.7. The van der Waals surface area contributed by atoms with Crippen LogP contribution < -0.4 is 5.32 Å². The van der Waals surface area contributed by atoms with Gasteiger partial charge >= 0.3 is 0 Å². The number of amides is 2. The summed E-state index contributed by atoms with van der Waals surface area (Å²) in [5.74, 6) is -1.87. The van der Waals surface area contributed by atoms with Crippen molar-refractivity contribution < 1.29 is 24.2 Å². The lowest BCUT2D eigenvalue weighted by molar-refractivity contribution is -0.135. The van der Waals surface area contributed by atoms with Crippen molar-refractivity contribution in [2.24, 2.45) is 0 Å². The van der Waals surface area contributed by atoms with Gasteiger partial charge < -0.3 is 20.1 Å². The Kier molecular flexibility index (Phi) is 5.87. The molecule has 0 aliphatic carbocycles. The van der Waals surface area contributed by atoms with Crippen LogP contribution in [0.15, 0.2) is 42.5 Å². The first-order valence-corrected chi connectivity index (χ1v) is 8.88. The third-order valence-corrected chi connectivity index (χ3v) is 4.85. The van der Waals surface area contributed by atoms with Gasteiger partial charge in [-0.3, -0.25) is 14.4 Å². The smallest absolute Gasteiger partial charge is 0.254 e. The Labute approximate surface area is 162 Å². The molecule has 1 aliphatic rings. The summed E-state index contributed by atoms with van der Waals surface area (Å²) in [6, 6.07) is 11.7. The molecule has 2 aromatic rings. The number of likely N-dealkylation sites (N-methyl/N-ethyl adjacent to an activating group) is 2. The molecule has 7 heteroatoms. The predicted octanol–water partition coefficient (Wildman–Crippen LogP) is 1.13. The molecule has 0 bridgehead atoms. The van der Waals surface area contributed by atoms with Crippen LogP contribution in [0, 0.1) is 0 Å². The molecule has 3 rings (SSSR count). The van der Waals surface area contributed by atoms with E-state index in [2.05, 4.69) is 11.4 Å². The van der Waals surface area contributed by atoms with E-state index in [1.165, 1.54) is 19.7 Å². The number of hydrogen-bond acceptors (Lipinski definition) is 5. The van der Waals surface area contributed by atoms with Gasteiger partial charge in [0.15, 0.2) is 11.8 Å². The molecule has 0 saturated heterocycles. The number of Topliss-reactive ketones (excluding diaryl/α,β-unsaturated/α-hetero) is 1. The second-order valence-electron chi connectivity index (χ2n) is 6.61. The topological polar surface area (TPSA) is 95.9 Å². The molecule has 1 heterocycles. The highest BCUT2D eigenvalue weighted by atomic mass is 16.5. The fraction of sp³-hybridized carbons (Fsp3) is 0.286. The molecule has 2 amide bonds. The van der Waals surface area contributed by atoms with Crippen molar-refractivity contribution in [3.8, 4) is 11.1 Å². The Morgan fingerprint density at radius 1 is 1.07 bits per heavy atom. The number of rotatable bonds is 6. The number of hydrogen-bond donors (Lipinski definition) is 2. The van der Waals surface area contributed by atoms with Gasteiger partial charge in [0.2, 0.25) is 5.91 Å². The summed E-state index contributed by atoms with van der Waals surface area (Å²) in [6.45, 7) is 0.412. The Balaban J connectivity index is 1.81. The minimum Gasteiger partial charge on any atom is -0.388 e. The van der Waals surface area contributed by atoms with Gasteiger partial charge in [0.25, 0.3) is 5.91 Å². The zero-order valence-corrected chi connectivity index (χ0v) is 15.8. The number of nitrogens with one attached hydrogen (secondary N) is 1. The number of ketones is 1. The largest absolute Gasteiger partial charge is 0.388 e. The van der Waals surface area contributed by atoms with Gasteiger partial charge in [0.05, 0.1) is 13.2 Å². The van der Waals surface area contributed by atoms with Gasteiger partial charge in [-0.25, -0.2) is 0 Å². The number of nitrogens with zero attached hydrogens (tertiary/aromatic N) is 1. The Morgan fingerprint density at radius 2 is 1.71 bits per heavy atom. The van der Waals surface area contributed by atoms with Crippen LogP contribution in [0.4, 0.5) is 0 Å². The van der Waals surface area contributed by atoms with E-state index >= 15 is 0 Å². The first-order chi connectivity index (χ1) is 13.5. The van der Waals surface area contributed by atoms with E-state index in [-0.39, 0.29) is 0 Å². The van der Waals surface area contributed by atoms with Crippen LogP contribution >= 0.6 is 0 Å². The molecule has 0 saturated carbocycles. The maximum absolute atomic E-state index is 12.7. The molecule has 0 fully saturated rings. The van der Waals surface area contributed by atoms with Gasteiger partial charge in [-0.05, 0) is 40.5 Å². The van der Waals surface area contributed by atoms with Crippen molar-refractivity contribution in [2.75, 3.05) is 20.7 Å². The van der Waals surface area contributed by atoms with Gasteiger partial charge in [-0.1, -0.05) is 24.3 Å². The molecule has 7 nitrogen and oxygen atoms in total. The van der Waals surface area contributed by atoms with Crippen molar-refractivity contribution in [2.45, 2.75) is 19.3 Å². The fourth-order valence-electron chi connectivity index (χ4n) is 3.24. The molecule has 2 N–H and O–H groups in total. The average molecular weight is 382 g/mol. The van der Waals surface area contributed by atoms with Crippen molar-refractivity contribution in [3.63, 3.8) is 0 Å². The van der Waals surface area contributed by atoms with E-state index in [9.17, 15) is 14.4 Å². The van der Waals surface area contributed by atoms with Crippen LogP contribution in [0.3, 0.4) is 0 Å². The Morgan fingerprint density at radius 3 is 2.36 bits per heavy atom. The molecule has 1 atom stereocenters. The first-order valence-electron chi connectivity index (χ1n) is 8.88. The van der Waals surface area contributed by atoms with Crippen LogP contribution in [-0.4, -0.2) is 54.3 Å². The van der Waals surface area contributed by atoms with Crippen LogP contribution in [0.25, 0.3) is 11.1 Å². The highest BCUT2D eigenvalue weighted by Gasteiger charge is 2.32. The SMILES string of the molecule is CNC(=O)C(C(=O)CO)N(C)C(=O)c1ccc(-c2ccc3c(c2)COC3)cc1. The summed E-state index contributed by atoms with van der Waals surface area (Å²) in [7, 11) is 2.74. The average Bonchev–Trinajstić information content (AvgIpc) is 3.20. The van der Waals surface area contributed by atoms with E-state index in [1.54, 1.807) is 12.1 Å². The van der Waals surface area contributed by atoms with Crippen molar-refractivity contribution in [1.82, 2.24) is 10.2 Å². The van der Waals surface area contributed by atoms with Crippen molar-refractivity contribution in [3.05, 3.63) is 59.2 Å². The lowest BCUT2D eigenvalue weighted by atomic mass is 9.99. The number of aliphatic hydroxyl groups is 1. The molecular formula is C21H22N2O5. The maximum Gasteiger partial charge on any atom is 0.254 e. The summed E-state index contributed by atoms with van der Waals surface area (Å²) in [5.41, 5.74) is 4.66. The summed E-state index contributed by atoms with van der Waals surface area (Å²) in [6.07, 6.45) is 0. The monoisotopic (exact) mass is 382 g/mol. The van der Waals surface area contributed by atoms with Gasteiger partial charge in [-0.15, -0.1) is 0 Å². The third-order valence-electron chi connectivity index (χ3n) is 4.85. The molecule has 28 heavy (non-hydrogen) atoms. The molecule has 1 aliphatic heterocycles. The standard InChI is InChI=1S/C21H22N2O5/c1-22-20(26)19(18(25)10-24)23(2)21(27)14-5-3-13(4-6-14)15-7-8-16-11-28-12-17(16)9-15/h3-9,19,24H,10-12H2,1-2H3,(H,22,26). The summed E-state index contributed by atoms with van der Waals surface area (Å²) < 4.78 is 5.43. The molecule has 146 valence electrons.